The molecular formula is C14H21N5O. The van der Waals surface area contributed by atoms with Gasteiger partial charge in [-0.15, -0.1) is 0 Å². The first kappa shape index (κ1) is 13.3. The Balaban J connectivity index is 2.11. The third kappa shape index (κ3) is 2.14. The molecule has 0 saturated carbocycles. The van der Waals surface area contributed by atoms with E-state index in [2.05, 4.69) is 40.7 Å². The van der Waals surface area contributed by atoms with E-state index >= 15 is 0 Å². The first-order valence-electron chi connectivity index (χ1n) is 7.18. The standard InChI is InChI=1S/C14H21N5O/c1-5-19-13-12(11(4)17-19)15-8-16-14(13)18-6-9(2)20-10(3)7-18/h8-10H,5-7H2,1-4H3/t9-,10+. The molecule has 1 aliphatic rings. The minimum Gasteiger partial charge on any atom is -0.372 e. The van der Waals surface area contributed by atoms with Crippen molar-refractivity contribution in [1.29, 1.82) is 0 Å². The monoisotopic (exact) mass is 275 g/mol. The maximum Gasteiger partial charge on any atom is 0.158 e. The second kappa shape index (κ2) is 5.01. The summed E-state index contributed by atoms with van der Waals surface area (Å²) in [5.41, 5.74) is 2.94. The molecule has 2 aromatic heterocycles. The largest absolute Gasteiger partial charge is 0.372 e. The van der Waals surface area contributed by atoms with Crippen LogP contribution in [-0.4, -0.2) is 45.0 Å². The van der Waals surface area contributed by atoms with Crippen molar-refractivity contribution in [3.8, 4) is 0 Å². The number of hydrogen-bond acceptors (Lipinski definition) is 5. The molecule has 0 aromatic carbocycles. The quantitative estimate of drug-likeness (QED) is 0.836. The minimum atomic E-state index is 0.211. The van der Waals surface area contributed by atoms with Crippen LogP contribution in [0.5, 0.6) is 0 Å². The summed E-state index contributed by atoms with van der Waals surface area (Å²) in [5, 5.41) is 4.56. The third-order valence-electron chi connectivity index (χ3n) is 3.69. The van der Waals surface area contributed by atoms with Gasteiger partial charge in [-0.25, -0.2) is 9.97 Å². The van der Waals surface area contributed by atoms with Gasteiger partial charge in [-0.2, -0.15) is 5.10 Å². The van der Waals surface area contributed by atoms with E-state index in [0.717, 1.165) is 42.2 Å². The van der Waals surface area contributed by atoms with E-state index < -0.39 is 0 Å². The molecule has 0 aliphatic carbocycles. The molecule has 0 spiro atoms. The summed E-state index contributed by atoms with van der Waals surface area (Å²) in [6.07, 6.45) is 2.06. The molecule has 6 heteroatoms. The predicted octanol–water partition coefficient (Wildman–Crippen LogP) is 1.77. The van der Waals surface area contributed by atoms with Crippen molar-refractivity contribution in [3.05, 3.63) is 12.0 Å². The molecular weight excluding hydrogens is 254 g/mol. The van der Waals surface area contributed by atoms with Gasteiger partial charge in [0, 0.05) is 19.6 Å². The summed E-state index contributed by atoms with van der Waals surface area (Å²) in [4.78, 5) is 11.2. The van der Waals surface area contributed by atoms with Crippen molar-refractivity contribution in [2.75, 3.05) is 18.0 Å². The van der Waals surface area contributed by atoms with Crippen molar-refractivity contribution in [2.24, 2.45) is 0 Å². The summed E-state index contributed by atoms with van der Waals surface area (Å²) in [7, 11) is 0. The number of nitrogens with zero attached hydrogens (tertiary/aromatic N) is 5. The molecule has 20 heavy (non-hydrogen) atoms. The fraction of sp³-hybridized carbons (Fsp3) is 0.643. The maximum atomic E-state index is 5.80. The lowest BCUT2D eigenvalue weighted by Crippen LogP contribution is -2.46. The van der Waals surface area contributed by atoms with E-state index in [1.165, 1.54) is 0 Å². The minimum absolute atomic E-state index is 0.211. The predicted molar refractivity (Wildman–Crippen MR) is 78.0 cm³/mol. The van der Waals surface area contributed by atoms with Crippen molar-refractivity contribution in [1.82, 2.24) is 19.7 Å². The number of aryl methyl sites for hydroxylation is 2. The van der Waals surface area contributed by atoms with Gasteiger partial charge in [0.2, 0.25) is 0 Å². The Bertz CT molecular complexity index is 613. The molecule has 1 aliphatic heterocycles. The fourth-order valence-electron chi connectivity index (χ4n) is 2.96. The Hall–Kier alpha value is -1.69. The van der Waals surface area contributed by atoms with Gasteiger partial charge in [0.15, 0.2) is 5.82 Å². The van der Waals surface area contributed by atoms with Gasteiger partial charge in [-0.05, 0) is 27.7 Å². The Labute approximate surface area is 118 Å². The van der Waals surface area contributed by atoms with Gasteiger partial charge >= 0.3 is 0 Å². The van der Waals surface area contributed by atoms with Crippen LogP contribution in [0.3, 0.4) is 0 Å². The van der Waals surface area contributed by atoms with Gasteiger partial charge in [-0.3, -0.25) is 4.68 Å². The molecule has 0 unspecified atom stereocenters. The van der Waals surface area contributed by atoms with Gasteiger partial charge in [0.05, 0.1) is 17.9 Å². The molecule has 0 radical (unpaired) electrons. The number of fused-ring (bicyclic) bond motifs is 1. The Morgan fingerprint density at radius 2 is 1.95 bits per heavy atom. The van der Waals surface area contributed by atoms with E-state index in [1.807, 2.05) is 11.6 Å². The van der Waals surface area contributed by atoms with Crippen LogP contribution < -0.4 is 4.90 Å². The van der Waals surface area contributed by atoms with E-state index in [4.69, 9.17) is 4.74 Å². The van der Waals surface area contributed by atoms with Crippen LogP contribution in [0, 0.1) is 6.92 Å². The lowest BCUT2D eigenvalue weighted by atomic mass is 10.2. The lowest BCUT2D eigenvalue weighted by Gasteiger charge is -2.36. The van der Waals surface area contributed by atoms with Crippen LogP contribution in [0.4, 0.5) is 5.82 Å². The summed E-state index contributed by atoms with van der Waals surface area (Å²) in [6.45, 7) is 10.8. The van der Waals surface area contributed by atoms with Gasteiger partial charge in [-0.1, -0.05) is 0 Å². The number of ether oxygens (including phenoxy) is 1. The van der Waals surface area contributed by atoms with E-state index in [-0.39, 0.29) is 12.2 Å². The van der Waals surface area contributed by atoms with Crippen LogP contribution in [-0.2, 0) is 11.3 Å². The smallest absolute Gasteiger partial charge is 0.158 e. The van der Waals surface area contributed by atoms with Crippen molar-refractivity contribution >= 4 is 16.9 Å². The topological polar surface area (TPSA) is 56.1 Å². The second-order valence-electron chi connectivity index (χ2n) is 5.46. The zero-order valence-electron chi connectivity index (χ0n) is 12.5. The molecule has 0 amide bonds. The number of aromatic nitrogens is 4. The van der Waals surface area contributed by atoms with Crippen LogP contribution in [0.15, 0.2) is 6.33 Å². The maximum absolute atomic E-state index is 5.80. The van der Waals surface area contributed by atoms with Crippen molar-refractivity contribution in [2.45, 2.75) is 46.4 Å². The first-order valence-corrected chi connectivity index (χ1v) is 7.18. The molecule has 0 N–H and O–H groups in total. The Kier molecular flexibility index (Phi) is 3.33. The number of rotatable bonds is 2. The van der Waals surface area contributed by atoms with Gasteiger partial charge in [0.1, 0.15) is 17.4 Å². The van der Waals surface area contributed by atoms with E-state index in [1.54, 1.807) is 6.33 Å². The molecule has 108 valence electrons. The molecule has 1 fully saturated rings. The lowest BCUT2D eigenvalue weighted by molar-refractivity contribution is -0.00539. The zero-order chi connectivity index (χ0) is 14.3. The average Bonchev–Trinajstić information content (AvgIpc) is 2.74. The summed E-state index contributed by atoms with van der Waals surface area (Å²) in [6, 6.07) is 0. The highest BCUT2D eigenvalue weighted by molar-refractivity contribution is 5.87. The zero-order valence-corrected chi connectivity index (χ0v) is 12.5. The number of hydrogen-bond donors (Lipinski definition) is 0. The van der Waals surface area contributed by atoms with Gasteiger partial charge < -0.3 is 9.64 Å². The molecule has 2 aromatic rings. The molecule has 6 nitrogen and oxygen atoms in total. The summed E-state index contributed by atoms with van der Waals surface area (Å²) < 4.78 is 7.80. The average molecular weight is 275 g/mol. The third-order valence-corrected chi connectivity index (χ3v) is 3.69. The van der Waals surface area contributed by atoms with Crippen LogP contribution in [0.2, 0.25) is 0 Å². The molecule has 0 bridgehead atoms. The molecule has 1 saturated heterocycles. The molecule has 2 atom stereocenters. The number of anilines is 1. The first-order chi connectivity index (χ1) is 9.60. The van der Waals surface area contributed by atoms with Crippen LogP contribution >= 0.6 is 0 Å². The highest BCUT2D eigenvalue weighted by Gasteiger charge is 2.26. The van der Waals surface area contributed by atoms with E-state index in [9.17, 15) is 0 Å². The Morgan fingerprint density at radius 3 is 2.60 bits per heavy atom. The summed E-state index contributed by atoms with van der Waals surface area (Å²) >= 11 is 0. The molecule has 3 heterocycles. The normalized spacial score (nSPS) is 23.5. The van der Waals surface area contributed by atoms with Crippen molar-refractivity contribution < 1.29 is 4.74 Å². The second-order valence-corrected chi connectivity index (χ2v) is 5.46. The van der Waals surface area contributed by atoms with Gasteiger partial charge in [0.25, 0.3) is 0 Å². The highest BCUT2D eigenvalue weighted by atomic mass is 16.5. The highest BCUT2D eigenvalue weighted by Crippen LogP contribution is 2.27. The van der Waals surface area contributed by atoms with Crippen LogP contribution in [0.1, 0.15) is 26.5 Å². The Morgan fingerprint density at radius 1 is 1.25 bits per heavy atom. The molecule has 3 rings (SSSR count). The number of morpholine rings is 1. The van der Waals surface area contributed by atoms with E-state index in [0.29, 0.717) is 0 Å². The summed E-state index contributed by atoms with van der Waals surface area (Å²) in [5.74, 6) is 0.972. The van der Waals surface area contributed by atoms with Crippen LogP contribution in [0.25, 0.3) is 11.0 Å². The SMILES string of the molecule is CCn1nc(C)c2ncnc(N3C[C@@H](C)O[C@@H](C)C3)c21. The fourth-order valence-corrected chi connectivity index (χ4v) is 2.96. The van der Waals surface area contributed by atoms with Crippen molar-refractivity contribution in [3.63, 3.8) is 0 Å².